The Labute approximate surface area is 111 Å². The van der Waals surface area contributed by atoms with Crippen molar-refractivity contribution in [2.75, 3.05) is 0 Å². The van der Waals surface area contributed by atoms with Gasteiger partial charge in [0.05, 0.1) is 0 Å². The second kappa shape index (κ2) is 5.59. The first kappa shape index (κ1) is 15.5. The van der Waals surface area contributed by atoms with Crippen LogP contribution in [0.2, 0.25) is 0 Å². The first-order valence-electron chi connectivity index (χ1n) is 6.53. The molecule has 1 rings (SSSR count). The highest BCUT2D eigenvalue weighted by atomic mass is 31.2. The van der Waals surface area contributed by atoms with Crippen molar-refractivity contribution in [1.29, 1.82) is 0 Å². The molecule has 102 valence electrons. The molecule has 0 fully saturated rings. The third-order valence-electron chi connectivity index (χ3n) is 3.24. The summed E-state index contributed by atoms with van der Waals surface area (Å²) >= 11 is 0. The second-order valence-electron chi connectivity index (χ2n) is 6.27. The zero-order valence-corrected chi connectivity index (χ0v) is 12.9. The van der Waals surface area contributed by atoms with Gasteiger partial charge < -0.3 is 9.67 Å². The van der Waals surface area contributed by atoms with Crippen LogP contribution in [0, 0.1) is 5.92 Å². The largest absolute Gasteiger partial charge is 0.385 e. The molecule has 0 spiro atoms. The molecular formula is C15H25O2P. The smallest absolute Gasteiger partial charge is 0.147 e. The zero-order valence-electron chi connectivity index (χ0n) is 12.1. The van der Waals surface area contributed by atoms with Crippen LogP contribution >= 0.6 is 7.14 Å². The summed E-state index contributed by atoms with van der Waals surface area (Å²) in [5, 5.41) is 10.8. The van der Waals surface area contributed by atoms with Gasteiger partial charge in [-0.05, 0) is 12.3 Å². The van der Waals surface area contributed by atoms with Gasteiger partial charge in [0.2, 0.25) is 0 Å². The Kier molecular flexibility index (Phi) is 4.80. The molecule has 0 aliphatic rings. The van der Waals surface area contributed by atoms with Gasteiger partial charge in [0.1, 0.15) is 13.0 Å². The van der Waals surface area contributed by atoms with E-state index in [1.165, 1.54) is 0 Å². The van der Waals surface area contributed by atoms with Crippen molar-refractivity contribution in [2.45, 2.75) is 52.0 Å². The van der Waals surface area contributed by atoms with Gasteiger partial charge in [-0.25, -0.2) is 0 Å². The van der Waals surface area contributed by atoms with E-state index in [0.29, 0.717) is 12.3 Å². The second-order valence-corrected chi connectivity index (χ2v) is 10.0. The Morgan fingerprint density at radius 2 is 1.67 bits per heavy atom. The molecule has 0 saturated heterocycles. The minimum absolute atomic E-state index is 0.333. The SMILES string of the molecule is CC(C)CC(O)[P@@](=O)(c1ccccc1)C(C)(C)C. The molecule has 0 aliphatic carbocycles. The van der Waals surface area contributed by atoms with Gasteiger partial charge >= 0.3 is 0 Å². The maximum Gasteiger partial charge on any atom is 0.147 e. The first-order valence-corrected chi connectivity index (χ1v) is 8.30. The summed E-state index contributed by atoms with van der Waals surface area (Å²) in [7, 11) is -2.84. The van der Waals surface area contributed by atoms with E-state index in [1.54, 1.807) is 0 Å². The molecule has 1 aromatic carbocycles. The van der Waals surface area contributed by atoms with Crippen molar-refractivity contribution in [1.82, 2.24) is 0 Å². The maximum absolute atomic E-state index is 13.4. The zero-order chi connectivity index (χ0) is 14.0. The topological polar surface area (TPSA) is 37.3 Å². The molecule has 1 aromatic rings. The van der Waals surface area contributed by atoms with Crippen molar-refractivity contribution in [3.8, 4) is 0 Å². The fourth-order valence-electron chi connectivity index (χ4n) is 2.23. The van der Waals surface area contributed by atoms with Gasteiger partial charge in [-0.15, -0.1) is 0 Å². The van der Waals surface area contributed by atoms with E-state index in [-0.39, 0.29) is 0 Å². The fraction of sp³-hybridized carbons (Fsp3) is 0.600. The molecule has 0 radical (unpaired) electrons. The van der Waals surface area contributed by atoms with Gasteiger partial charge in [-0.1, -0.05) is 65.0 Å². The highest BCUT2D eigenvalue weighted by Crippen LogP contribution is 2.60. The van der Waals surface area contributed by atoms with Crippen LogP contribution in [0.15, 0.2) is 30.3 Å². The average Bonchev–Trinajstić information content (AvgIpc) is 2.26. The first-order chi connectivity index (χ1) is 8.19. The van der Waals surface area contributed by atoms with Crippen molar-refractivity contribution in [3.05, 3.63) is 30.3 Å². The van der Waals surface area contributed by atoms with Crippen LogP contribution in [-0.2, 0) is 4.57 Å². The minimum Gasteiger partial charge on any atom is -0.385 e. The van der Waals surface area contributed by atoms with Crippen LogP contribution in [0.3, 0.4) is 0 Å². The number of hydrogen-bond acceptors (Lipinski definition) is 2. The quantitative estimate of drug-likeness (QED) is 0.842. The molecule has 0 saturated carbocycles. The van der Waals surface area contributed by atoms with Crippen LogP contribution < -0.4 is 5.30 Å². The third kappa shape index (κ3) is 3.05. The van der Waals surface area contributed by atoms with Gasteiger partial charge in [0.25, 0.3) is 0 Å². The summed E-state index contributed by atoms with van der Waals surface area (Å²) in [4.78, 5) is 0. The molecule has 3 heteroatoms. The van der Waals surface area contributed by atoms with E-state index < -0.39 is 18.1 Å². The van der Waals surface area contributed by atoms with Crippen molar-refractivity contribution >= 4 is 12.4 Å². The molecule has 0 aromatic heterocycles. The number of aliphatic hydroxyl groups excluding tert-OH is 1. The van der Waals surface area contributed by atoms with E-state index >= 15 is 0 Å². The molecule has 2 atom stereocenters. The van der Waals surface area contributed by atoms with E-state index in [9.17, 15) is 9.67 Å². The molecule has 1 unspecified atom stereocenters. The lowest BCUT2D eigenvalue weighted by atomic mass is 10.1. The summed E-state index contributed by atoms with van der Waals surface area (Å²) in [6.07, 6.45) is 0.573. The molecule has 0 bridgehead atoms. The number of benzene rings is 1. The molecule has 0 amide bonds. The number of rotatable bonds is 4. The van der Waals surface area contributed by atoms with E-state index in [0.717, 1.165) is 5.30 Å². The van der Waals surface area contributed by atoms with Crippen LogP contribution in [0.25, 0.3) is 0 Å². The fourth-order valence-corrected chi connectivity index (χ4v) is 5.57. The average molecular weight is 268 g/mol. The van der Waals surface area contributed by atoms with Gasteiger partial charge in [-0.3, -0.25) is 0 Å². The Balaban J connectivity index is 3.25. The highest BCUT2D eigenvalue weighted by Gasteiger charge is 2.44. The van der Waals surface area contributed by atoms with Gasteiger partial charge in [-0.2, -0.15) is 0 Å². The highest BCUT2D eigenvalue weighted by molar-refractivity contribution is 7.73. The maximum atomic E-state index is 13.4. The monoisotopic (exact) mass is 268 g/mol. The summed E-state index contributed by atoms with van der Waals surface area (Å²) in [6.45, 7) is 9.93. The lowest BCUT2D eigenvalue weighted by molar-refractivity contribution is 0.217. The van der Waals surface area contributed by atoms with E-state index in [4.69, 9.17) is 0 Å². The van der Waals surface area contributed by atoms with E-state index in [2.05, 4.69) is 0 Å². The van der Waals surface area contributed by atoms with Gasteiger partial charge in [0, 0.05) is 10.5 Å². The van der Waals surface area contributed by atoms with Crippen LogP contribution in [0.4, 0.5) is 0 Å². The third-order valence-corrected chi connectivity index (χ3v) is 7.35. The molecule has 1 N–H and O–H groups in total. The molecule has 18 heavy (non-hydrogen) atoms. The summed E-state index contributed by atoms with van der Waals surface area (Å²) in [6, 6.07) is 9.42. The lowest BCUT2D eigenvalue weighted by Crippen LogP contribution is -2.31. The van der Waals surface area contributed by atoms with Crippen molar-refractivity contribution < 1.29 is 9.67 Å². The Morgan fingerprint density at radius 3 is 2.06 bits per heavy atom. The molecule has 2 nitrogen and oxygen atoms in total. The summed E-state index contributed by atoms with van der Waals surface area (Å²) in [5.74, 6) is -0.431. The van der Waals surface area contributed by atoms with Crippen LogP contribution in [-0.4, -0.2) is 16.1 Å². The summed E-state index contributed by atoms with van der Waals surface area (Å²) in [5.41, 5.74) is 0. The normalized spacial score (nSPS) is 17.5. The van der Waals surface area contributed by atoms with Crippen LogP contribution in [0.1, 0.15) is 41.0 Å². The standard InChI is InChI=1S/C15H25O2P/c1-12(2)11-14(16)18(17,15(3,4)5)13-9-7-6-8-10-13/h6-10,12,14,16H,11H2,1-5H3/t14?,18-/m0/s1. The predicted octanol–water partition coefficient (Wildman–Crippen LogP) is 3.84. The predicted molar refractivity (Wildman–Crippen MR) is 78.9 cm³/mol. The number of hydrogen-bond donors (Lipinski definition) is 1. The molecule has 0 aliphatic heterocycles. The van der Waals surface area contributed by atoms with Crippen molar-refractivity contribution in [2.24, 2.45) is 5.92 Å². The minimum atomic E-state index is -2.84. The Morgan fingerprint density at radius 1 is 1.17 bits per heavy atom. The van der Waals surface area contributed by atoms with Crippen molar-refractivity contribution in [3.63, 3.8) is 0 Å². The van der Waals surface area contributed by atoms with Crippen LogP contribution in [0.5, 0.6) is 0 Å². The Hall–Kier alpha value is -0.590. The number of aliphatic hydroxyl groups is 1. The van der Waals surface area contributed by atoms with Gasteiger partial charge in [0.15, 0.2) is 0 Å². The molecule has 0 heterocycles. The Bertz CT molecular complexity index is 418. The summed E-state index contributed by atoms with van der Waals surface area (Å²) < 4.78 is 13.4. The molecular weight excluding hydrogens is 243 g/mol. The lowest BCUT2D eigenvalue weighted by Gasteiger charge is -2.36. The van der Waals surface area contributed by atoms with E-state index in [1.807, 2.05) is 65.0 Å².